The van der Waals surface area contributed by atoms with Crippen LogP contribution in [0.1, 0.15) is 140 Å². The Morgan fingerprint density at radius 1 is 0.898 bits per heavy atom. The van der Waals surface area contributed by atoms with Crippen molar-refractivity contribution in [3.05, 3.63) is 136 Å². The van der Waals surface area contributed by atoms with E-state index in [1.54, 1.807) is 27.8 Å². The minimum Gasteiger partial charge on any atom is -0.491 e. The number of aliphatic hydroxyl groups excluding tert-OH is 1. The maximum absolute atomic E-state index is 14.5. The van der Waals surface area contributed by atoms with Crippen molar-refractivity contribution < 1.29 is 62.6 Å². The number of amides is 7. The van der Waals surface area contributed by atoms with Crippen molar-refractivity contribution in [1.82, 2.24) is 36.1 Å². The maximum Gasteiger partial charge on any atom is 0.396 e. The Bertz CT molecular complexity index is 3670. The molecule has 4 aromatic carbocycles. The molecule has 0 radical (unpaired) electrons. The van der Waals surface area contributed by atoms with Crippen molar-refractivity contribution in [3.63, 3.8) is 0 Å². The van der Waals surface area contributed by atoms with Crippen LogP contribution in [0.5, 0.6) is 5.75 Å². The van der Waals surface area contributed by atoms with Crippen molar-refractivity contribution in [2.75, 3.05) is 18.1 Å². The molecule has 3 aliphatic rings. The highest BCUT2D eigenvalue weighted by molar-refractivity contribution is 7.70. The number of rotatable bonds is 25. The summed E-state index contributed by atoms with van der Waals surface area (Å²) in [6.45, 7) is 9.35. The smallest absolute Gasteiger partial charge is 0.396 e. The molecule has 1 fully saturated rings. The fourth-order valence-electron chi connectivity index (χ4n) is 11.9. The number of para-hydroxylation sites is 1. The van der Waals surface area contributed by atoms with Crippen molar-refractivity contribution in [2.45, 2.75) is 154 Å². The zero-order valence-electron chi connectivity index (χ0n) is 49.9. The first-order chi connectivity index (χ1) is 41.8. The average Bonchev–Trinajstić information content (AvgIpc) is 1.69. The number of β-amino-alcohol motifs (C(OH)–C–C–N with tert-alkyl or cyclic N) is 1. The van der Waals surface area contributed by atoms with E-state index in [9.17, 15) is 57.8 Å². The molecule has 0 unspecified atom stereocenters. The number of nitrogens with two attached hydrogens (primary N) is 1. The minimum atomic E-state index is -5.05. The number of hydrogen-bond donors (Lipinski definition) is 9. The first kappa shape index (κ1) is 64.4. The highest BCUT2D eigenvalue weighted by Gasteiger charge is 2.46. The first-order valence-corrected chi connectivity index (χ1v) is 32.2. The third-order valence-corrected chi connectivity index (χ3v) is 18.3. The molecule has 0 aliphatic carbocycles. The van der Waals surface area contributed by atoms with Crippen molar-refractivity contribution in [2.24, 2.45) is 11.1 Å². The number of unbranched alkanes of at least 4 members (excludes halogenated alkanes) is 2. The van der Waals surface area contributed by atoms with Crippen LogP contribution < -0.4 is 36.6 Å². The van der Waals surface area contributed by atoms with Gasteiger partial charge in [0.05, 0.1) is 40.0 Å². The molecule has 7 amide bonds. The Morgan fingerprint density at radius 3 is 2.36 bits per heavy atom. The van der Waals surface area contributed by atoms with Gasteiger partial charge in [0.2, 0.25) is 35.4 Å². The number of carbonyl (C=O) groups excluding carboxylic acids is 8. The fraction of sp³-hybridized carbons (Fsp3) is 0.422. The maximum atomic E-state index is 14.5. The lowest BCUT2D eigenvalue weighted by Gasteiger charge is -2.35. The molecule has 22 nitrogen and oxygen atoms in total. The van der Waals surface area contributed by atoms with E-state index in [-0.39, 0.29) is 86.7 Å². The molecule has 0 bridgehead atoms. The summed E-state index contributed by atoms with van der Waals surface area (Å²) in [6.07, 6.45) is 3.16. The lowest BCUT2D eigenvalue weighted by molar-refractivity contribution is -0.144. The van der Waals surface area contributed by atoms with Crippen LogP contribution in [0.3, 0.4) is 0 Å². The van der Waals surface area contributed by atoms with Gasteiger partial charge in [-0.15, -0.1) is 11.3 Å². The molecule has 6 aromatic rings. The van der Waals surface area contributed by atoms with Gasteiger partial charge >= 0.3 is 7.60 Å². The van der Waals surface area contributed by atoms with Crippen LogP contribution in [0.15, 0.2) is 96.5 Å². The summed E-state index contributed by atoms with van der Waals surface area (Å²) < 4.78 is 17.8. The van der Waals surface area contributed by atoms with Gasteiger partial charge in [0.1, 0.15) is 36.2 Å². The standard InChI is InChI=1S/C64H76N9O13PS/c1-36(39-17-19-41(20-18-39)57-37(2)66-35-88-57)67-60(79)52-32-47(74)33-72(52)62(81)58(64(3,4)5)71-54(76)16-8-6-7-11-38-12-9-15-48(27-38)86-34-45(23-26-53(65)75)68-55(77)31-46-29-42-14-10-13-40-21-25-50(61(80)73(46)56(40)42)70-59(78)51-30-44-28-43(22-24-49(44)69-51)63(82)87(83,84)85/h9-10,12-15,17-20,22,24,27-28,30,35-36,45-47,50,52,58,69,74H,6-8,11,16,21,23,25-26,29,31-34H2,1-5H3,(H2,65,75)(H,67,79)(H,68,77)(H,70,78)(H,71,76)(H2,83,84,85)/t36-,45-,46-,47+,50-,52-,58+/m0/s1. The van der Waals surface area contributed by atoms with E-state index in [1.807, 2.05) is 95.3 Å². The fourth-order valence-corrected chi connectivity index (χ4v) is 13.1. The van der Waals surface area contributed by atoms with E-state index in [1.165, 1.54) is 29.2 Å². The van der Waals surface area contributed by atoms with Crippen molar-refractivity contribution in [1.29, 1.82) is 0 Å². The molecule has 10 N–H and O–H groups in total. The Kier molecular flexibility index (Phi) is 20.1. The summed E-state index contributed by atoms with van der Waals surface area (Å²) >= 11 is 1.56. The molecule has 0 spiro atoms. The van der Waals surface area contributed by atoms with Gasteiger partial charge in [-0.3, -0.25) is 42.9 Å². The highest BCUT2D eigenvalue weighted by Crippen LogP contribution is 2.41. The second-order valence-corrected chi connectivity index (χ2v) is 26.6. The van der Waals surface area contributed by atoms with E-state index < -0.39 is 78.5 Å². The number of nitrogens with zero attached hydrogens (tertiary/aromatic N) is 3. The molecular formula is C64H76N9O13PS. The highest BCUT2D eigenvalue weighted by atomic mass is 32.1. The van der Waals surface area contributed by atoms with Gasteiger partial charge in [0, 0.05) is 54.7 Å². The van der Waals surface area contributed by atoms with Gasteiger partial charge in [-0.2, -0.15) is 0 Å². The monoisotopic (exact) mass is 1240 g/mol. The summed E-state index contributed by atoms with van der Waals surface area (Å²) in [6, 6.07) is 22.0. The van der Waals surface area contributed by atoms with Gasteiger partial charge < -0.3 is 61.4 Å². The van der Waals surface area contributed by atoms with Crippen LogP contribution in [-0.2, 0) is 52.6 Å². The van der Waals surface area contributed by atoms with Crippen LogP contribution in [0, 0.1) is 12.3 Å². The number of aliphatic hydroxyl groups is 1. The predicted octanol–water partition coefficient (Wildman–Crippen LogP) is 6.61. The second-order valence-electron chi connectivity index (χ2n) is 24.3. The van der Waals surface area contributed by atoms with Gasteiger partial charge in [0.25, 0.3) is 11.4 Å². The number of aryl methyl sites for hydroxylation is 3. The first-order valence-electron chi connectivity index (χ1n) is 29.7. The average molecular weight is 1240 g/mol. The van der Waals surface area contributed by atoms with Crippen molar-refractivity contribution in [3.8, 4) is 16.2 Å². The predicted molar refractivity (Wildman–Crippen MR) is 331 cm³/mol. The largest absolute Gasteiger partial charge is 0.491 e. The number of primary amides is 1. The second kappa shape index (κ2) is 27.5. The number of benzene rings is 4. The van der Waals surface area contributed by atoms with E-state index in [2.05, 4.69) is 31.2 Å². The molecule has 5 heterocycles. The van der Waals surface area contributed by atoms with Crippen LogP contribution in [-0.4, -0.2) is 126 Å². The number of fused-ring (bicyclic) bond motifs is 1. The number of aromatic amines is 1. The van der Waals surface area contributed by atoms with Gasteiger partial charge in [-0.1, -0.05) is 81.8 Å². The SMILES string of the molecule is Cc1ncsc1-c1ccc([C@H](C)NC(=O)[C@@H]2C[C@@H](O)CN2C(=O)[C@@H](NC(=O)CCCCCc2cccc(OC[C@H](CCC(N)=O)NC(=O)C[C@@H]3Cc4cccc5c4N3C(=O)[C@@H](NC(=O)c3cc4cc(C(=O)P(=O)(O)O)ccc4[nH]3)CC5)c2)C(C)(C)C)cc1. The number of anilines is 1. The molecule has 3 aliphatic heterocycles. The number of carbonyl (C=O) groups is 8. The summed E-state index contributed by atoms with van der Waals surface area (Å²) in [7, 11) is -5.05. The van der Waals surface area contributed by atoms with Crippen molar-refractivity contribution >= 4 is 82.4 Å². The third-order valence-electron chi connectivity index (χ3n) is 16.5. The Morgan fingerprint density at radius 2 is 1.65 bits per heavy atom. The Labute approximate surface area is 513 Å². The zero-order chi connectivity index (χ0) is 63.2. The summed E-state index contributed by atoms with van der Waals surface area (Å²) in [5, 5.41) is 22.9. The molecular weight excluding hydrogens is 1170 g/mol. The lowest BCUT2D eigenvalue weighted by atomic mass is 9.85. The van der Waals surface area contributed by atoms with Crippen LogP contribution in [0.25, 0.3) is 21.3 Å². The summed E-state index contributed by atoms with van der Waals surface area (Å²) in [5.74, 6) is -2.54. The van der Waals surface area contributed by atoms with E-state index >= 15 is 0 Å². The third kappa shape index (κ3) is 15.6. The van der Waals surface area contributed by atoms with Crippen LogP contribution in [0.4, 0.5) is 5.69 Å². The summed E-state index contributed by atoms with van der Waals surface area (Å²) in [5.41, 5.74) is 11.9. The molecule has 7 atom stereocenters. The molecule has 2 aromatic heterocycles. The number of aromatic nitrogens is 2. The van der Waals surface area contributed by atoms with E-state index in [0.29, 0.717) is 54.4 Å². The van der Waals surface area contributed by atoms with Gasteiger partial charge in [-0.05, 0) is 128 Å². The Balaban J connectivity index is 0.744. The molecule has 1 saturated heterocycles. The quantitative estimate of drug-likeness (QED) is 0.0215. The van der Waals surface area contributed by atoms with E-state index in [0.717, 1.165) is 44.8 Å². The minimum absolute atomic E-state index is 0.00591. The Hall–Kier alpha value is -8.08. The molecule has 9 rings (SSSR count). The number of ether oxygens (including phenoxy) is 1. The summed E-state index contributed by atoms with van der Waals surface area (Å²) in [4.78, 5) is 138. The van der Waals surface area contributed by atoms with Gasteiger partial charge in [0.15, 0.2) is 0 Å². The molecule has 88 heavy (non-hydrogen) atoms. The normalized spacial score (nSPS) is 18.4. The number of likely N-dealkylation sites (tertiary alicyclic amines) is 1. The van der Waals surface area contributed by atoms with Crippen LogP contribution >= 0.6 is 18.9 Å². The molecule has 466 valence electrons. The topological polar surface area (TPSA) is 333 Å². The zero-order valence-corrected chi connectivity index (χ0v) is 51.6. The number of nitrogens with one attached hydrogen (secondary N) is 5. The number of H-pyrrole nitrogens is 1. The van der Waals surface area contributed by atoms with Crippen LogP contribution in [0.2, 0.25) is 0 Å². The van der Waals surface area contributed by atoms with Gasteiger partial charge in [-0.25, -0.2) is 4.98 Å². The lowest BCUT2D eigenvalue weighted by Crippen LogP contribution is -2.57. The van der Waals surface area contributed by atoms with E-state index in [4.69, 9.17) is 10.5 Å². The molecule has 0 saturated carbocycles. The molecule has 24 heteroatoms. The number of thiazole rings is 1. The number of hydrogen-bond acceptors (Lipinski definition) is 13.